The van der Waals surface area contributed by atoms with Crippen LogP contribution >= 0.6 is 0 Å². The van der Waals surface area contributed by atoms with Crippen LogP contribution in [0, 0.1) is 10.1 Å². The van der Waals surface area contributed by atoms with E-state index in [1.165, 1.54) is 10.9 Å². The summed E-state index contributed by atoms with van der Waals surface area (Å²) in [7, 11) is 1.62. The molecule has 1 heterocycles. The molecule has 0 radical (unpaired) electrons. The molecule has 0 bridgehead atoms. The molecule has 17 heavy (non-hydrogen) atoms. The average molecular weight is 242 g/mol. The number of anilines is 1. The van der Waals surface area contributed by atoms with Crippen LogP contribution in [0.1, 0.15) is 26.7 Å². The largest absolute Gasteiger partial charge is 0.388 e. The van der Waals surface area contributed by atoms with E-state index in [0.717, 1.165) is 0 Å². The predicted octanol–water partition coefficient (Wildman–Crippen LogP) is 1.29. The summed E-state index contributed by atoms with van der Waals surface area (Å²) in [4.78, 5) is 10.3. The molecule has 1 aromatic rings. The molecule has 0 amide bonds. The molecule has 1 aromatic heterocycles. The number of hydrogen-bond acceptors (Lipinski definition) is 5. The van der Waals surface area contributed by atoms with Gasteiger partial charge in [-0.15, -0.1) is 5.10 Å². The van der Waals surface area contributed by atoms with Crippen molar-refractivity contribution in [2.45, 2.75) is 32.3 Å². The van der Waals surface area contributed by atoms with E-state index in [4.69, 9.17) is 0 Å². The number of aryl methyl sites for hydroxylation is 1. The van der Waals surface area contributed by atoms with Crippen LogP contribution in [0.5, 0.6) is 0 Å². The van der Waals surface area contributed by atoms with Gasteiger partial charge in [-0.1, -0.05) is 13.8 Å². The summed E-state index contributed by atoms with van der Waals surface area (Å²) < 4.78 is 1.37. The summed E-state index contributed by atoms with van der Waals surface area (Å²) >= 11 is 0. The zero-order chi connectivity index (χ0) is 13.1. The van der Waals surface area contributed by atoms with Gasteiger partial charge in [0.15, 0.2) is 0 Å². The van der Waals surface area contributed by atoms with Gasteiger partial charge in [0, 0.05) is 13.6 Å². The minimum atomic E-state index is -0.856. The summed E-state index contributed by atoms with van der Waals surface area (Å²) in [5.74, 6) is 0.192. The van der Waals surface area contributed by atoms with Gasteiger partial charge in [-0.3, -0.25) is 14.8 Å². The fourth-order valence-corrected chi connectivity index (χ4v) is 1.48. The standard InChI is InChI=1S/C10H18N4O3/c1-4-10(15,5-2)7-11-9-8(14(16)17)6-13(3)12-9/h6,15H,4-5,7H2,1-3H3,(H,11,12). The topological polar surface area (TPSA) is 93.2 Å². The number of hydrogen-bond donors (Lipinski definition) is 2. The Kier molecular flexibility index (Phi) is 4.06. The van der Waals surface area contributed by atoms with Gasteiger partial charge in [0.2, 0.25) is 5.82 Å². The lowest BCUT2D eigenvalue weighted by Crippen LogP contribution is -2.35. The van der Waals surface area contributed by atoms with Gasteiger partial charge in [-0.05, 0) is 12.8 Å². The molecule has 0 atom stereocenters. The summed E-state index contributed by atoms with van der Waals surface area (Å²) in [5.41, 5.74) is -0.937. The minimum absolute atomic E-state index is 0.0814. The third-order valence-corrected chi connectivity index (χ3v) is 2.91. The van der Waals surface area contributed by atoms with Crippen LogP contribution in [0.4, 0.5) is 11.5 Å². The van der Waals surface area contributed by atoms with Crippen molar-refractivity contribution in [2.75, 3.05) is 11.9 Å². The second-order valence-corrected chi connectivity index (χ2v) is 4.08. The van der Waals surface area contributed by atoms with Crippen molar-refractivity contribution >= 4 is 11.5 Å². The Balaban J connectivity index is 2.78. The highest BCUT2D eigenvalue weighted by Crippen LogP contribution is 2.23. The maximum absolute atomic E-state index is 10.7. The fraction of sp³-hybridized carbons (Fsp3) is 0.700. The maximum Gasteiger partial charge on any atom is 0.330 e. The zero-order valence-electron chi connectivity index (χ0n) is 10.3. The van der Waals surface area contributed by atoms with Crippen LogP contribution in [-0.4, -0.2) is 32.0 Å². The Morgan fingerprint density at radius 1 is 1.59 bits per heavy atom. The molecule has 0 fully saturated rings. The summed E-state index contributed by atoms with van der Waals surface area (Å²) in [5, 5.41) is 27.6. The Morgan fingerprint density at radius 2 is 2.18 bits per heavy atom. The van der Waals surface area contributed by atoms with E-state index in [0.29, 0.717) is 12.8 Å². The number of nitro groups is 1. The predicted molar refractivity (Wildman–Crippen MR) is 63.9 cm³/mol. The summed E-state index contributed by atoms with van der Waals surface area (Å²) in [6.07, 6.45) is 2.49. The van der Waals surface area contributed by atoms with Gasteiger partial charge in [-0.25, -0.2) is 0 Å². The minimum Gasteiger partial charge on any atom is -0.388 e. The van der Waals surface area contributed by atoms with Crippen molar-refractivity contribution in [3.63, 3.8) is 0 Å². The number of aromatic nitrogens is 2. The molecule has 2 N–H and O–H groups in total. The van der Waals surface area contributed by atoms with Crippen molar-refractivity contribution in [1.29, 1.82) is 0 Å². The van der Waals surface area contributed by atoms with E-state index in [9.17, 15) is 15.2 Å². The first-order chi connectivity index (χ1) is 7.91. The molecule has 0 aliphatic heterocycles. The molecule has 1 rings (SSSR count). The zero-order valence-corrected chi connectivity index (χ0v) is 10.3. The van der Waals surface area contributed by atoms with Crippen molar-refractivity contribution < 1.29 is 10.0 Å². The molecule has 0 aromatic carbocycles. The molecular formula is C10H18N4O3. The normalized spacial score (nSPS) is 11.5. The van der Waals surface area contributed by atoms with Crippen LogP contribution in [0.25, 0.3) is 0 Å². The first kappa shape index (κ1) is 13.4. The van der Waals surface area contributed by atoms with Gasteiger partial charge < -0.3 is 10.4 Å². The molecule has 0 aliphatic rings. The van der Waals surface area contributed by atoms with E-state index in [1.807, 2.05) is 13.8 Å². The Bertz CT molecular complexity index is 398. The van der Waals surface area contributed by atoms with Crippen molar-refractivity contribution in [2.24, 2.45) is 7.05 Å². The van der Waals surface area contributed by atoms with Crippen molar-refractivity contribution in [3.05, 3.63) is 16.3 Å². The van der Waals surface area contributed by atoms with Crippen LogP contribution in [-0.2, 0) is 7.05 Å². The van der Waals surface area contributed by atoms with E-state index >= 15 is 0 Å². The molecule has 0 aliphatic carbocycles. The van der Waals surface area contributed by atoms with Gasteiger partial charge in [0.05, 0.1) is 10.5 Å². The molecule has 0 unspecified atom stereocenters. The number of nitrogens with zero attached hydrogens (tertiary/aromatic N) is 3. The molecule has 0 saturated carbocycles. The van der Waals surface area contributed by atoms with Crippen molar-refractivity contribution in [3.8, 4) is 0 Å². The van der Waals surface area contributed by atoms with Crippen LogP contribution in [0.3, 0.4) is 0 Å². The summed E-state index contributed by atoms with van der Waals surface area (Å²) in [6.45, 7) is 3.99. The molecular weight excluding hydrogens is 224 g/mol. The van der Waals surface area contributed by atoms with Crippen LogP contribution in [0.2, 0.25) is 0 Å². The Labute approximate surface area is 99.6 Å². The lowest BCUT2D eigenvalue weighted by molar-refractivity contribution is -0.384. The first-order valence-corrected chi connectivity index (χ1v) is 5.56. The average Bonchev–Trinajstić information content (AvgIpc) is 2.68. The number of aliphatic hydroxyl groups is 1. The molecule has 7 heteroatoms. The van der Waals surface area contributed by atoms with E-state index in [2.05, 4.69) is 10.4 Å². The highest BCUT2D eigenvalue weighted by molar-refractivity contribution is 5.54. The Morgan fingerprint density at radius 3 is 2.65 bits per heavy atom. The summed E-state index contributed by atoms with van der Waals surface area (Å²) in [6, 6.07) is 0. The molecule has 0 saturated heterocycles. The van der Waals surface area contributed by atoms with E-state index in [1.54, 1.807) is 7.05 Å². The Hall–Kier alpha value is -1.63. The highest BCUT2D eigenvalue weighted by Gasteiger charge is 2.25. The monoisotopic (exact) mass is 242 g/mol. The molecule has 7 nitrogen and oxygen atoms in total. The number of nitrogens with one attached hydrogen (secondary N) is 1. The smallest absolute Gasteiger partial charge is 0.330 e. The lowest BCUT2D eigenvalue weighted by atomic mass is 9.98. The first-order valence-electron chi connectivity index (χ1n) is 5.56. The van der Waals surface area contributed by atoms with Gasteiger partial charge >= 0.3 is 5.69 Å². The van der Waals surface area contributed by atoms with Crippen molar-refractivity contribution in [1.82, 2.24) is 9.78 Å². The van der Waals surface area contributed by atoms with Gasteiger partial charge in [-0.2, -0.15) is 0 Å². The SMILES string of the molecule is CCC(O)(CC)CNc1nn(C)cc1[N+](=O)[O-]. The highest BCUT2D eigenvalue weighted by atomic mass is 16.6. The van der Waals surface area contributed by atoms with Gasteiger partial charge in [0.1, 0.15) is 6.20 Å². The third-order valence-electron chi connectivity index (χ3n) is 2.91. The van der Waals surface area contributed by atoms with Crippen LogP contribution in [0.15, 0.2) is 6.20 Å². The fourth-order valence-electron chi connectivity index (χ4n) is 1.48. The molecule has 96 valence electrons. The van der Waals surface area contributed by atoms with E-state index in [-0.39, 0.29) is 18.1 Å². The maximum atomic E-state index is 10.7. The third kappa shape index (κ3) is 3.16. The quantitative estimate of drug-likeness (QED) is 0.579. The number of rotatable bonds is 6. The van der Waals surface area contributed by atoms with Crippen LogP contribution < -0.4 is 5.32 Å². The lowest BCUT2D eigenvalue weighted by Gasteiger charge is -2.25. The second-order valence-electron chi connectivity index (χ2n) is 4.08. The second kappa shape index (κ2) is 5.13. The molecule has 0 spiro atoms. The van der Waals surface area contributed by atoms with Gasteiger partial charge in [0.25, 0.3) is 0 Å². The van der Waals surface area contributed by atoms with E-state index < -0.39 is 10.5 Å².